The molecule has 1 aromatic rings. The van der Waals surface area contributed by atoms with Gasteiger partial charge in [0, 0.05) is 19.1 Å². The zero-order valence-electron chi connectivity index (χ0n) is 9.97. The number of nitrogens with two attached hydrogens (primary N) is 1. The number of likely N-dealkylation sites (tertiary alicyclic amines) is 1. The van der Waals surface area contributed by atoms with Crippen molar-refractivity contribution in [1.82, 2.24) is 19.7 Å². The highest BCUT2D eigenvalue weighted by Gasteiger charge is 2.18. The fourth-order valence-corrected chi connectivity index (χ4v) is 2.24. The molecule has 1 fully saturated rings. The van der Waals surface area contributed by atoms with E-state index >= 15 is 0 Å². The maximum atomic E-state index is 5.97. The van der Waals surface area contributed by atoms with Crippen molar-refractivity contribution in [2.45, 2.75) is 45.3 Å². The van der Waals surface area contributed by atoms with E-state index in [9.17, 15) is 0 Å². The summed E-state index contributed by atoms with van der Waals surface area (Å²) in [5, 5.41) is 4.24. The Kier molecular flexibility index (Phi) is 3.90. The SMILES string of the molecule is CCCn1ncnc1CN1CCCC(N)C1. The van der Waals surface area contributed by atoms with Crippen molar-refractivity contribution in [2.24, 2.45) is 5.73 Å². The Morgan fingerprint density at radius 3 is 3.19 bits per heavy atom. The van der Waals surface area contributed by atoms with Crippen LogP contribution in [0.5, 0.6) is 0 Å². The van der Waals surface area contributed by atoms with Gasteiger partial charge in [-0.05, 0) is 25.8 Å². The molecule has 0 aromatic carbocycles. The van der Waals surface area contributed by atoms with Crippen LogP contribution in [-0.2, 0) is 13.1 Å². The molecule has 2 N–H and O–H groups in total. The average Bonchev–Trinajstić information content (AvgIpc) is 2.66. The van der Waals surface area contributed by atoms with Gasteiger partial charge in [0.2, 0.25) is 0 Å². The van der Waals surface area contributed by atoms with Crippen LogP contribution in [0.1, 0.15) is 32.0 Å². The fraction of sp³-hybridized carbons (Fsp3) is 0.818. The Morgan fingerprint density at radius 1 is 1.56 bits per heavy atom. The molecule has 1 aromatic heterocycles. The van der Waals surface area contributed by atoms with Gasteiger partial charge < -0.3 is 5.73 Å². The zero-order chi connectivity index (χ0) is 11.4. The van der Waals surface area contributed by atoms with Gasteiger partial charge in [-0.25, -0.2) is 9.67 Å². The molecule has 0 bridgehead atoms. The molecule has 0 saturated carbocycles. The third kappa shape index (κ3) is 2.80. The van der Waals surface area contributed by atoms with Gasteiger partial charge in [-0.2, -0.15) is 5.10 Å². The molecule has 16 heavy (non-hydrogen) atoms. The molecule has 1 atom stereocenters. The fourth-order valence-electron chi connectivity index (χ4n) is 2.24. The lowest BCUT2D eigenvalue weighted by molar-refractivity contribution is 0.194. The smallest absolute Gasteiger partial charge is 0.141 e. The number of nitrogens with zero attached hydrogens (tertiary/aromatic N) is 4. The lowest BCUT2D eigenvalue weighted by Crippen LogP contribution is -2.42. The first kappa shape index (κ1) is 11.5. The van der Waals surface area contributed by atoms with Crippen molar-refractivity contribution in [2.75, 3.05) is 13.1 Å². The highest BCUT2D eigenvalue weighted by atomic mass is 15.3. The van der Waals surface area contributed by atoms with Gasteiger partial charge in [-0.1, -0.05) is 6.92 Å². The van der Waals surface area contributed by atoms with Gasteiger partial charge in [-0.15, -0.1) is 0 Å². The second-order valence-corrected chi connectivity index (χ2v) is 4.54. The molecule has 0 spiro atoms. The van der Waals surface area contributed by atoms with Crippen molar-refractivity contribution < 1.29 is 0 Å². The molecule has 1 aliphatic heterocycles. The Balaban J connectivity index is 1.94. The number of hydrogen-bond donors (Lipinski definition) is 1. The summed E-state index contributed by atoms with van der Waals surface area (Å²) in [5.41, 5.74) is 5.97. The minimum Gasteiger partial charge on any atom is -0.327 e. The molecular weight excluding hydrogens is 202 g/mol. The number of hydrogen-bond acceptors (Lipinski definition) is 4. The third-order valence-corrected chi connectivity index (χ3v) is 3.04. The second kappa shape index (κ2) is 5.41. The number of aromatic nitrogens is 3. The van der Waals surface area contributed by atoms with E-state index in [2.05, 4.69) is 21.9 Å². The van der Waals surface area contributed by atoms with E-state index in [1.54, 1.807) is 6.33 Å². The molecule has 5 heteroatoms. The van der Waals surface area contributed by atoms with Crippen LogP contribution in [-0.4, -0.2) is 38.8 Å². The van der Waals surface area contributed by atoms with Crippen LogP contribution in [0, 0.1) is 0 Å². The Hall–Kier alpha value is -0.940. The number of piperidine rings is 1. The van der Waals surface area contributed by atoms with E-state index in [1.807, 2.05) is 4.68 Å². The maximum Gasteiger partial charge on any atom is 0.141 e. The van der Waals surface area contributed by atoms with E-state index in [1.165, 1.54) is 6.42 Å². The van der Waals surface area contributed by atoms with Crippen molar-refractivity contribution in [3.05, 3.63) is 12.2 Å². The summed E-state index contributed by atoms with van der Waals surface area (Å²) in [4.78, 5) is 6.70. The van der Waals surface area contributed by atoms with Crippen LogP contribution >= 0.6 is 0 Å². The molecule has 1 unspecified atom stereocenters. The highest BCUT2D eigenvalue weighted by Crippen LogP contribution is 2.11. The lowest BCUT2D eigenvalue weighted by Gasteiger charge is -2.30. The Labute approximate surface area is 96.6 Å². The summed E-state index contributed by atoms with van der Waals surface area (Å²) in [5.74, 6) is 1.07. The van der Waals surface area contributed by atoms with Crippen LogP contribution in [0.2, 0.25) is 0 Å². The molecule has 0 radical (unpaired) electrons. The molecule has 5 nitrogen and oxygen atoms in total. The molecular formula is C11H21N5. The minimum absolute atomic E-state index is 0.330. The van der Waals surface area contributed by atoms with Crippen molar-refractivity contribution >= 4 is 0 Å². The monoisotopic (exact) mass is 223 g/mol. The van der Waals surface area contributed by atoms with Crippen molar-refractivity contribution in [3.8, 4) is 0 Å². The van der Waals surface area contributed by atoms with Crippen molar-refractivity contribution in [1.29, 1.82) is 0 Å². The standard InChI is InChI=1S/C11H21N5/c1-2-5-16-11(13-9-14-16)8-15-6-3-4-10(12)7-15/h9-10H,2-8,12H2,1H3. The molecule has 2 rings (SSSR count). The first-order chi connectivity index (χ1) is 7.79. The molecule has 1 saturated heterocycles. The molecule has 1 aliphatic rings. The van der Waals surface area contributed by atoms with E-state index in [4.69, 9.17) is 5.73 Å². The number of rotatable bonds is 4. The number of aryl methyl sites for hydroxylation is 1. The van der Waals surface area contributed by atoms with Crippen LogP contribution in [0.3, 0.4) is 0 Å². The summed E-state index contributed by atoms with van der Waals surface area (Å²) < 4.78 is 2.00. The van der Waals surface area contributed by atoms with Gasteiger partial charge in [0.05, 0.1) is 6.54 Å². The van der Waals surface area contributed by atoms with Gasteiger partial charge >= 0.3 is 0 Å². The quantitative estimate of drug-likeness (QED) is 0.812. The topological polar surface area (TPSA) is 60.0 Å². The summed E-state index contributed by atoms with van der Waals surface area (Å²) in [6.45, 7) is 6.11. The van der Waals surface area contributed by atoms with E-state index in [0.717, 1.165) is 44.8 Å². The molecule has 90 valence electrons. The van der Waals surface area contributed by atoms with Gasteiger partial charge in [0.15, 0.2) is 0 Å². The average molecular weight is 223 g/mol. The minimum atomic E-state index is 0.330. The largest absolute Gasteiger partial charge is 0.327 e. The maximum absolute atomic E-state index is 5.97. The predicted molar refractivity (Wildman–Crippen MR) is 62.8 cm³/mol. The molecule has 0 aliphatic carbocycles. The summed E-state index contributed by atoms with van der Waals surface area (Å²) in [6, 6.07) is 0.330. The second-order valence-electron chi connectivity index (χ2n) is 4.54. The van der Waals surface area contributed by atoms with Crippen molar-refractivity contribution in [3.63, 3.8) is 0 Å². The van der Waals surface area contributed by atoms with Crippen LogP contribution < -0.4 is 5.73 Å². The van der Waals surface area contributed by atoms with E-state index in [0.29, 0.717) is 6.04 Å². The first-order valence-electron chi connectivity index (χ1n) is 6.14. The highest BCUT2D eigenvalue weighted by molar-refractivity contribution is 4.87. The zero-order valence-corrected chi connectivity index (χ0v) is 9.97. The van der Waals surface area contributed by atoms with Crippen LogP contribution in [0.4, 0.5) is 0 Å². The van der Waals surface area contributed by atoms with Gasteiger partial charge in [-0.3, -0.25) is 4.90 Å². The van der Waals surface area contributed by atoms with Crippen LogP contribution in [0.15, 0.2) is 6.33 Å². The summed E-state index contributed by atoms with van der Waals surface area (Å²) in [6.07, 6.45) is 5.09. The molecule has 0 amide bonds. The van der Waals surface area contributed by atoms with E-state index < -0.39 is 0 Å². The summed E-state index contributed by atoms with van der Waals surface area (Å²) >= 11 is 0. The lowest BCUT2D eigenvalue weighted by atomic mass is 10.1. The van der Waals surface area contributed by atoms with Gasteiger partial charge in [0.1, 0.15) is 12.2 Å². The Morgan fingerprint density at radius 2 is 2.44 bits per heavy atom. The third-order valence-electron chi connectivity index (χ3n) is 3.04. The first-order valence-corrected chi connectivity index (χ1v) is 6.14. The van der Waals surface area contributed by atoms with Crippen LogP contribution in [0.25, 0.3) is 0 Å². The van der Waals surface area contributed by atoms with E-state index in [-0.39, 0.29) is 0 Å². The predicted octanol–water partition coefficient (Wildman–Crippen LogP) is 0.611. The molecule has 2 heterocycles. The summed E-state index contributed by atoms with van der Waals surface area (Å²) in [7, 11) is 0. The normalized spacial score (nSPS) is 22.5. The Bertz CT molecular complexity index is 322. The van der Waals surface area contributed by atoms with Gasteiger partial charge in [0.25, 0.3) is 0 Å².